The molecule has 18 heavy (non-hydrogen) atoms. The molecule has 1 fully saturated rings. The van der Waals surface area contributed by atoms with Crippen LogP contribution in [-0.4, -0.2) is 23.7 Å². The fourth-order valence-corrected chi connectivity index (χ4v) is 2.31. The zero-order chi connectivity index (χ0) is 13.3. The quantitative estimate of drug-likeness (QED) is 0.885. The summed E-state index contributed by atoms with van der Waals surface area (Å²) in [7, 11) is 0. The Kier molecular flexibility index (Phi) is 3.81. The van der Waals surface area contributed by atoms with Crippen LogP contribution in [-0.2, 0) is 0 Å². The molecule has 1 aliphatic carbocycles. The monoisotopic (exact) mass is 267 g/mol. The maximum atomic E-state index is 11.3. The van der Waals surface area contributed by atoms with E-state index >= 15 is 0 Å². The Morgan fingerprint density at radius 1 is 1.50 bits per heavy atom. The summed E-state index contributed by atoms with van der Waals surface area (Å²) in [6, 6.07) is 5.47. The van der Waals surface area contributed by atoms with Gasteiger partial charge in [0.2, 0.25) is 0 Å². The standard InChI is InChI=1S/C14H18ClNO2/c1-9(2)8-16(11-4-5-11)13-7-10(15)3-6-12(13)14(17)18/h3,6-7,9,11H,4-5,8H2,1-2H3,(H,17,18). The minimum Gasteiger partial charge on any atom is -0.478 e. The normalized spacial score (nSPS) is 14.9. The third-order valence-corrected chi connectivity index (χ3v) is 3.28. The molecule has 0 saturated heterocycles. The molecule has 0 heterocycles. The average Bonchev–Trinajstić information content (AvgIpc) is 3.08. The maximum Gasteiger partial charge on any atom is 0.337 e. The van der Waals surface area contributed by atoms with Crippen LogP contribution in [0, 0.1) is 5.92 Å². The third-order valence-electron chi connectivity index (χ3n) is 3.05. The maximum absolute atomic E-state index is 11.3. The fourth-order valence-electron chi connectivity index (χ4n) is 2.15. The van der Waals surface area contributed by atoms with Gasteiger partial charge >= 0.3 is 5.97 Å². The van der Waals surface area contributed by atoms with Crippen molar-refractivity contribution < 1.29 is 9.90 Å². The van der Waals surface area contributed by atoms with Gasteiger partial charge in [0.25, 0.3) is 0 Å². The zero-order valence-corrected chi connectivity index (χ0v) is 11.4. The summed E-state index contributed by atoms with van der Waals surface area (Å²) in [5, 5.41) is 9.86. The Labute approximate surface area is 112 Å². The summed E-state index contributed by atoms with van der Waals surface area (Å²) in [5.74, 6) is -0.401. The molecule has 0 unspecified atom stereocenters. The first-order valence-corrected chi connectivity index (χ1v) is 6.66. The molecule has 3 nitrogen and oxygen atoms in total. The topological polar surface area (TPSA) is 40.5 Å². The minimum absolute atomic E-state index is 0.340. The van der Waals surface area contributed by atoms with Crippen LogP contribution < -0.4 is 4.90 Å². The number of hydrogen-bond acceptors (Lipinski definition) is 2. The predicted octanol–water partition coefficient (Wildman–Crippen LogP) is 3.66. The molecule has 0 atom stereocenters. The summed E-state index contributed by atoms with van der Waals surface area (Å²) in [4.78, 5) is 13.5. The number of carboxylic acid groups (broad SMARTS) is 1. The van der Waals surface area contributed by atoms with Crippen molar-refractivity contribution in [3.8, 4) is 0 Å². The number of nitrogens with zero attached hydrogens (tertiary/aromatic N) is 1. The van der Waals surface area contributed by atoms with E-state index < -0.39 is 5.97 Å². The van der Waals surface area contributed by atoms with Crippen LogP contribution in [0.1, 0.15) is 37.0 Å². The summed E-state index contributed by atoms with van der Waals surface area (Å²) < 4.78 is 0. The lowest BCUT2D eigenvalue weighted by molar-refractivity contribution is 0.0697. The molecular weight excluding hydrogens is 250 g/mol. The molecular formula is C14H18ClNO2. The number of benzene rings is 1. The Balaban J connectivity index is 2.38. The molecule has 1 aromatic carbocycles. The van der Waals surface area contributed by atoms with Crippen molar-refractivity contribution in [2.75, 3.05) is 11.4 Å². The summed E-state index contributed by atoms with van der Waals surface area (Å²) in [5.41, 5.74) is 1.10. The summed E-state index contributed by atoms with van der Waals surface area (Å²) >= 11 is 6.01. The SMILES string of the molecule is CC(C)CN(c1cc(Cl)ccc1C(=O)O)C1CC1. The van der Waals surface area contributed by atoms with Gasteiger partial charge < -0.3 is 10.0 Å². The number of carbonyl (C=O) groups is 1. The van der Waals surface area contributed by atoms with Crippen LogP contribution in [0.4, 0.5) is 5.69 Å². The lowest BCUT2D eigenvalue weighted by Gasteiger charge is -2.28. The first kappa shape index (κ1) is 13.2. The van der Waals surface area contributed by atoms with E-state index in [4.69, 9.17) is 11.6 Å². The first-order chi connectivity index (χ1) is 8.49. The molecule has 0 aromatic heterocycles. The molecule has 1 N–H and O–H groups in total. The van der Waals surface area contributed by atoms with Gasteiger partial charge in [-0.25, -0.2) is 4.79 Å². The van der Waals surface area contributed by atoms with Crippen molar-refractivity contribution in [3.05, 3.63) is 28.8 Å². The molecule has 0 spiro atoms. The molecule has 0 radical (unpaired) electrons. The Bertz CT molecular complexity index is 455. The van der Waals surface area contributed by atoms with Crippen LogP contribution in [0.2, 0.25) is 5.02 Å². The molecule has 2 rings (SSSR count). The number of aromatic carboxylic acids is 1. The van der Waals surface area contributed by atoms with Crippen LogP contribution >= 0.6 is 11.6 Å². The smallest absolute Gasteiger partial charge is 0.337 e. The number of halogens is 1. The van der Waals surface area contributed by atoms with Gasteiger partial charge in [-0.2, -0.15) is 0 Å². The molecule has 1 saturated carbocycles. The Hall–Kier alpha value is -1.22. The van der Waals surface area contributed by atoms with Gasteiger partial charge in [0.05, 0.1) is 11.3 Å². The second-order valence-corrected chi connectivity index (χ2v) is 5.68. The van der Waals surface area contributed by atoms with Crippen molar-refractivity contribution in [3.63, 3.8) is 0 Å². The highest BCUT2D eigenvalue weighted by atomic mass is 35.5. The molecule has 98 valence electrons. The van der Waals surface area contributed by atoms with Crippen molar-refractivity contribution in [1.29, 1.82) is 0 Å². The van der Waals surface area contributed by atoms with Crippen molar-refractivity contribution in [2.45, 2.75) is 32.7 Å². The largest absolute Gasteiger partial charge is 0.478 e. The highest BCUT2D eigenvalue weighted by Crippen LogP contribution is 2.35. The van der Waals surface area contributed by atoms with Gasteiger partial charge in [0.15, 0.2) is 0 Å². The van der Waals surface area contributed by atoms with Crippen molar-refractivity contribution in [2.24, 2.45) is 5.92 Å². The highest BCUT2D eigenvalue weighted by molar-refractivity contribution is 6.31. The fraction of sp³-hybridized carbons (Fsp3) is 0.500. The van der Waals surface area contributed by atoms with E-state index in [0.29, 0.717) is 22.5 Å². The predicted molar refractivity (Wildman–Crippen MR) is 73.6 cm³/mol. The molecule has 0 amide bonds. The number of carboxylic acids is 1. The highest BCUT2D eigenvalue weighted by Gasteiger charge is 2.31. The van der Waals surface area contributed by atoms with Gasteiger partial charge in [-0.1, -0.05) is 25.4 Å². The van der Waals surface area contributed by atoms with E-state index in [1.54, 1.807) is 18.2 Å². The molecule has 1 aliphatic rings. The molecule has 1 aromatic rings. The van der Waals surface area contributed by atoms with E-state index in [2.05, 4.69) is 18.7 Å². The second kappa shape index (κ2) is 5.19. The van der Waals surface area contributed by atoms with E-state index in [-0.39, 0.29) is 0 Å². The van der Waals surface area contributed by atoms with Gasteiger partial charge in [-0.3, -0.25) is 0 Å². The second-order valence-electron chi connectivity index (χ2n) is 5.24. The average molecular weight is 268 g/mol. The van der Waals surface area contributed by atoms with Gasteiger partial charge in [0.1, 0.15) is 0 Å². The summed E-state index contributed by atoms with van der Waals surface area (Å²) in [6.07, 6.45) is 2.27. The van der Waals surface area contributed by atoms with E-state index in [1.807, 2.05) is 0 Å². The summed E-state index contributed by atoms with van der Waals surface area (Å²) in [6.45, 7) is 5.14. The van der Waals surface area contributed by atoms with Crippen LogP contribution in [0.15, 0.2) is 18.2 Å². The van der Waals surface area contributed by atoms with Crippen LogP contribution in [0.3, 0.4) is 0 Å². The van der Waals surface area contributed by atoms with E-state index in [1.165, 1.54) is 0 Å². The number of hydrogen-bond donors (Lipinski definition) is 1. The van der Waals surface area contributed by atoms with Crippen LogP contribution in [0.25, 0.3) is 0 Å². The van der Waals surface area contributed by atoms with Crippen molar-refractivity contribution >= 4 is 23.3 Å². The Morgan fingerprint density at radius 3 is 2.67 bits per heavy atom. The first-order valence-electron chi connectivity index (χ1n) is 6.28. The van der Waals surface area contributed by atoms with Gasteiger partial charge in [-0.05, 0) is 37.0 Å². The molecule has 0 bridgehead atoms. The van der Waals surface area contributed by atoms with E-state index in [0.717, 1.165) is 25.1 Å². The third kappa shape index (κ3) is 2.96. The van der Waals surface area contributed by atoms with Crippen molar-refractivity contribution in [1.82, 2.24) is 0 Å². The number of anilines is 1. The van der Waals surface area contributed by atoms with Gasteiger partial charge in [0, 0.05) is 17.6 Å². The lowest BCUT2D eigenvalue weighted by atomic mass is 10.1. The molecule has 0 aliphatic heterocycles. The number of rotatable bonds is 5. The minimum atomic E-state index is -0.893. The molecule has 4 heteroatoms. The Morgan fingerprint density at radius 2 is 2.17 bits per heavy atom. The zero-order valence-electron chi connectivity index (χ0n) is 10.7. The van der Waals surface area contributed by atoms with Crippen LogP contribution in [0.5, 0.6) is 0 Å². The van der Waals surface area contributed by atoms with E-state index in [9.17, 15) is 9.90 Å². The lowest BCUT2D eigenvalue weighted by Crippen LogP contribution is -2.31. The van der Waals surface area contributed by atoms with Gasteiger partial charge in [-0.15, -0.1) is 0 Å².